The molecule has 2 aliphatic rings. The van der Waals surface area contributed by atoms with E-state index in [9.17, 15) is 4.79 Å². The summed E-state index contributed by atoms with van der Waals surface area (Å²) in [6.45, 7) is 5.87. The molecule has 19 heavy (non-hydrogen) atoms. The lowest BCUT2D eigenvalue weighted by Crippen LogP contribution is -2.54. The normalized spacial score (nSPS) is 22.9. The van der Waals surface area contributed by atoms with Crippen LogP contribution in [-0.4, -0.2) is 37.0 Å². The molecule has 0 bridgehead atoms. The van der Waals surface area contributed by atoms with Crippen LogP contribution >= 0.6 is 0 Å². The van der Waals surface area contributed by atoms with Crippen LogP contribution in [0.15, 0.2) is 30.3 Å². The van der Waals surface area contributed by atoms with E-state index in [1.807, 2.05) is 0 Å². The summed E-state index contributed by atoms with van der Waals surface area (Å²) < 4.78 is 0. The molecule has 3 rings (SSSR count). The average molecular weight is 258 g/mol. The van der Waals surface area contributed by atoms with Crippen LogP contribution in [0.1, 0.15) is 25.3 Å². The predicted molar refractivity (Wildman–Crippen MR) is 76.0 cm³/mol. The molecule has 3 nitrogen and oxygen atoms in total. The zero-order chi connectivity index (χ0) is 13.3. The quantitative estimate of drug-likeness (QED) is 0.877. The first-order valence-corrected chi connectivity index (χ1v) is 7.24. The summed E-state index contributed by atoms with van der Waals surface area (Å²) in [4.78, 5) is 14.3. The summed E-state index contributed by atoms with van der Waals surface area (Å²) in [5, 5.41) is 3.18. The van der Waals surface area contributed by atoms with Crippen molar-refractivity contribution >= 4 is 5.91 Å². The number of rotatable bonds is 2. The molecule has 0 saturated carbocycles. The standard InChI is InChI=1S/C16H22N2O/c1-16(14-5-3-2-4-6-14)7-9-18(10-8-16)15(19)13-11-17-12-13/h2-6,13,17H,7-12H2,1H3. The van der Waals surface area contributed by atoms with Crippen molar-refractivity contribution in [3.05, 3.63) is 35.9 Å². The van der Waals surface area contributed by atoms with Crippen molar-refractivity contribution in [2.45, 2.75) is 25.2 Å². The second kappa shape index (κ2) is 4.97. The fourth-order valence-electron chi connectivity index (χ4n) is 3.07. The maximum absolute atomic E-state index is 12.2. The van der Waals surface area contributed by atoms with Crippen LogP contribution in [0.25, 0.3) is 0 Å². The van der Waals surface area contributed by atoms with Gasteiger partial charge in [0.25, 0.3) is 0 Å². The van der Waals surface area contributed by atoms with Gasteiger partial charge in [0.15, 0.2) is 0 Å². The number of likely N-dealkylation sites (tertiary alicyclic amines) is 1. The highest BCUT2D eigenvalue weighted by Gasteiger charge is 2.36. The maximum Gasteiger partial charge on any atom is 0.228 e. The van der Waals surface area contributed by atoms with E-state index in [0.29, 0.717) is 5.91 Å². The van der Waals surface area contributed by atoms with E-state index < -0.39 is 0 Å². The first kappa shape index (κ1) is 12.7. The second-order valence-corrected chi connectivity index (χ2v) is 6.11. The van der Waals surface area contributed by atoms with Gasteiger partial charge in [-0.1, -0.05) is 37.3 Å². The summed E-state index contributed by atoms with van der Waals surface area (Å²) in [5.41, 5.74) is 1.64. The van der Waals surface area contributed by atoms with E-state index in [-0.39, 0.29) is 11.3 Å². The van der Waals surface area contributed by atoms with Crippen molar-refractivity contribution < 1.29 is 4.79 Å². The molecule has 0 spiro atoms. The maximum atomic E-state index is 12.2. The van der Waals surface area contributed by atoms with Crippen molar-refractivity contribution in [2.24, 2.45) is 5.92 Å². The van der Waals surface area contributed by atoms with Gasteiger partial charge in [-0.3, -0.25) is 4.79 Å². The monoisotopic (exact) mass is 258 g/mol. The Kier molecular flexibility index (Phi) is 3.31. The van der Waals surface area contributed by atoms with Crippen LogP contribution in [0.5, 0.6) is 0 Å². The van der Waals surface area contributed by atoms with Gasteiger partial charge in [-0.25, -0.2) is 0 Å². The van der Waals surface area contributed by atoms with E-state index in [1.54, 1.807) is 0 Å². The van der Waals surface area contributed by atoms with E-state index in [4.69, 9.17) is 0 Å². The third-order valence-corrected chi connectivity index (χ3v) is 4.78. The molecule has 0 radical (unpaired) electrons. The van der Waals surface area contributed by atoms with Gasteiger partial charge >= 0.3 is 0 Å². The molecule has 0 aromatic heterocycles. The molecule has 2 heterocycles. The molecule has 1 amide bonds. The van der Waals surface area contributed by atoms with Crippen LogP contribution < -0.4 is 5.32 Å². The first-order chi connectivity index (χ1) is 9.19. The number of carbonyl (C=O) groups excluding carboxylic acids is 1. The van der Waals surface area contributed by atoms with Crippen LogP contribution in [0.3, 0.4) is 0 Å². The van der Waals surface area contributed by atoms with E-state index in [1.165, 1.54) is 5.56 Å². The van der Waals surface area contributed by atoms with Gasteiger partial charge in [0, 0.05) is 26.2 Å². The Morgan fingerprint density at radius 2 is 1.84 bits per heavy atom. The highest BCUT2D eigenvalue weighted by Crippen LogP contribution is 2.35. The highest BCUT2D eigenvalue weighted by atomic mass is 16.2. The minimum atomic E-state index is 0.232. The smallest absolute Gasteiger partial charge is 0.228 e. The molecule has 1 aromatic rings. The first-order valence-electron chi connectivity index (χ1n) is 7.24. The Bertz CT molecular complexity index is 445. The van der Waals surface area contributed by atoms with Gasteiger partial charge in [-0.15, -0.1) is 0 Å². The predicted octanol–water partition coefficient (Wildman–Crippen LogP) is 1.79. The molecule has 3 heteroatoms. The number of carbonyl (C=O) groups is 1. The van der Waals surface area contributed by atoms with Gasteiger partial charge in [-0.2, -0.15) is 0 Å². The Hall–Kier alpha value is -1.35. The minimum Gasteiger partial charge on any atom is -0.342 e. The van der Waals surface area contributed by atoms with Crippen LogP contribution in [0.4, 0.5) is 0 Å². The SMILES string of the molecule is CC1(c2ccccc2)CCN(C(=O)C2CNC2)CC1. The molecule has 2 saturated heterocycles. The summed E-state index contributed by atoms with van der Waals surface area (Å²) in [7, 11) is 0. The molecule has 0 atom stereocenters. The Labute approximate surface area is 115 Å². The zero-order valence-electron chi connectivity index (χ0n) is 11.6. The summed E-state index contributed by atoms with van der Waals surface area (Å²) in [6, 6.07) is 10.7. The van der Waals surface area contributed by atoms with Gasteiger partial charge in [0.05, 0.1) is 5.92 Å². The number of hydrogen-bond donors (Lipinski definition) is 1. The van der Waals surface area contributed by atoms with E-state index in [0.717, 1.165) is 39.0 Å². The number of nitrogens with one attached hydrogen (secondary N) is 1. The molecular formula is C16H22N2O. The minimum absolute atomic E-state index is 0.232. The molecule has 102 valence electrons. The molecule has 1 N–H and O–H groups in total. The number of piperidine rings is 1. The van der Waals surface area contributed by atoms with E-state index in [2.05, 4.69) is 47.5 Å². The lowest BCUT2D eigenvalue weighted by Gasteiger charge is -2.42. The second-order valence-electron chi connectivity index (χ2n) is 6.11. The lowest BCUT2D eigenvalue weighted by molar-refractivity contribution is -0.138. The molecular weight excluding hydrogens is 236 g/mol. The van der Waals surface area contributed by atoms with Crippen molar-refractivity contribution in [3.63, 3.8) is 0 Å². The van der Waals surface area contributed by atoms with Crippen molar-refractivity contribution in [1.29, 1.82) is 0 Å². The Morgan fingerprint density at radius 3 is 2.37 bits per heavy atom. The molecule has 2 aliphatic heterocycles. The molecule has 0 aliphatic carbocycles. The number of benzene rings is 1. The topological polar surface area (TPSA) is 32.3 Å². The summed E-state index contributed by atoms with van der Waals surface area (Å²) in [6.07, 6.45) is 2.14. The third kappa shape index (κ3) is 2.39. The van der Waals surface area contributed by atoms with Crippen LogP contribution in [0.2, 0.25) is 0 Å². The van der Waals surface area contributed by atoms with Gasteiger partial charge < -0.3 is 10.2 Å². The van der Waals surface area contributed by atoms with Crippen molar-refractivity contribution in [3.8, 4) is 0 Å². The Morgan fingerprint density at radius 1 is 1.21 bits per heavy atom. The average Bonchev–Trinajstić information content (AvgIpc) is 2.38. The highest BCUT2D eigenvalue weighted by molar-refractivity contribution is 5.80. The third-order valence-electron chi connectivity index (χ3n) is 4.78. The van der Waals surface area contributed by atoms with Crippen molar-refractivity contribution in [1.82, 2.24) is 10.2 Å². The Balaban J connectivity index is 1.64. The zero-order valence-corrected chi connectivity index (χ0v) is 11.6. The van der Waals surface area contributed by atoms with Crippen molar-refractivity contribution in [2.75, 3.05) is 26.2 Å². The van der Waals surface area contributed by atoms with Gasteiger partial charge in [-0.05, 0) is 23.8 Å². The summed E-state index contributed by atoms with van der Waals surface area (Å²) in [5.74, 6) is 0.593. The van der Waals surface area contributed by atoms with E-state index >= 15 is 0 Å². The molecule has 0 unspecified atom stereocenters. The number of hydrogen-bond acceptors (Lipinski definition) is 2. The van der Waals surface area contributed by atoms with Crippen LogP contribution in [-0.2, 0) is 10.2 Å². The fraction of sp³-hybridized carbons (Fsp3) is 0.562. The fourth-order valence-corrected chi connectivity index (χ4v) is 3.07. The van der Waals surface area contributed by atoms with Gasteiger partial charge in [0.2, 0.25) is 5.91 Å². The largest absolute Gasteiger partial charge is 0.342 e. The van der Waals surface area contributed by atoms with Crippen LogP contribution in [0, 0.1) is 5.92 Å². The number of nitrogens with zero attached hydrogens (tertiary/aromatic N) is 1. The molecule has 1 aromatic carbocycles. The van der Waals surface area contributed by atoms with Gasteiger partial charge in [0.1, 0.15) is 0 Å². The lowest BCUT2D eigenvalue weighted by atomic mass is 9.74. The summed E-state index contributed by atoms with van der Waals surface area (Å²) >= 11 is 0. The molecule has 2 fully saturated rings. The number of amides is 1.